The number of aromatic amines is 1. The molecule has 30 heavy (non-hydrogen) atoms. The molecule has 1 aliphatic heterocycles. The van der Waals surface area contributed by atoms with Crippen LogP contribution in [-0.2, 0) is 0 Å². The van der Waals surface area contributed by atoms with Crippen LogP contribution in [0.3, 0.4) is 0 Å². The van der Waals surface area contributed by atoms with Crippen molar-refractivity contribution in [1.29, 1.82) is 0 Å². The molecule has 4 aromatic rings. The maximum atomic E-state index is 14.3. The van der Waals surface area contributed by atoms with Crippen molar-refractivity contribution in [2.75, 3.05) is 16.8 Å². The Hall–Kier alpha value is -3.75. The predicted octanol–water partition coefficient (Wildman–Crippen LogP) is 4.82. The van der Waals surface area contributed by atoms with Crippen molar-refractivity contribution < 1.29 is 13.2 Å². The summed E-state index contributed by atoms with van der Waals surface area (Å²) >= 11 is 0. The number of rotatable bonds is 5. The van der Waals surface area contributed by atoms with Crippen LogP contribution in [0.4, 0.5) is 26.2 Å². The van der Waals surface area contributed by atoms with Crippen LogP contribution in [-0.4, -0.2) is 26.7 Å². The van der Waals surface area contributed by atoms with Crippen molar-refractivity contribution in [3.05, 3.63) is 72.3 Å². The van der Waals surface area contributed by atoms with Gasteiger partial charge in [-0.25, -0.2) is 18.7 Å². The lowest BCUT2D eigenvalue weighted by molar-refractivity contribution is 0.553. The van der Waals surface area contributed by atoms with Gasteiger partial charge in [0.05, 0.1) is 12.3 Å². The quantitative estimate of drug-likeness (QED) is 0.493. The van der Waals surface area contributed by atoms with Gasteiger partial charge in [-0.1, -0.05) is 6.07 Å². The van der Waals surface area contributed by atoms with Gasteiger partial charge in [-0.3, -0.25) is 5.10 Å². The highest BCUT2D eigenvalue weighted by Gasteiger charge is 2.29. The Labute approximate surface area is 170 Å². The molecule has 1 fully saturated rings. The third-order valence-electron chi connectivity index (χ3n) is 5.14. The Kier molecular flexibility index (Phi) is 4.62. The van der Waals surface area contributed by atoms with Crippen molar-refractivity contribution in [2.45, 2.75) is 18.9 Å². The van der Waals surface area contributed by atoms with Gasteiger partial charge in [0.1, 0.15) is 35.3 Å². The van der Waals surface area contributed by atoms with E-state index in [0.29, 0.717) is 28.8 Å². The number of hydrogen-bond donors (Lipinski definition) is 2. The molecule has 0 radical (unpaired) electrons. The molecule has 7 nitrogen and oxygen atoms in total. The van der Waals surface area contributed by atoms with Crippen LogP contribution >= 0.6 is 0 Å². The number of halogens is 2. The first-order chi connectivity index (χ1) is 14.7. The maximum absolute atomic E-state index is 14.3. The van der Waals surface area contributed by atoms with Crippen LogP contribution in [0.1, 0.15) is 24.4 Å². The minimum atomic E-state index is -0.581. The van der Waals surface area contributed by atoms with Crippen molar-refractivity contribution in [1.82, 2.24) is 20.2 Å². The lowest BCUT2D eigenvalue weighted by Crippen LogP contribution is -2.24. The zero-order valence-electron chi connectivity index (χ0n) is 15.8. The minimum Gasteiger partial charge on any atom is -0.463 e. The Morgan fingerprint density at radius 1 is 1.10 bits per heavy atom. The van der Waals surface area contributed by atoms with E-state index in [1.807, 2.05) is 17.0 Å². The van der Waals surface area contributed by atoms with Gasteiger partial charge in [0.25, 0.3) is 0 Å². The number of benzene rings is 1. The molecule has 1 atom stereocenters. The molecule has 5 rings (SSSR count). The molecule has 1 saturated heterocycles. The molecule has 9 heteroatoms. The van der Waals surface area contributed by atoms with Gasteiger partial charge in [-0.15, -0.1) is 0 Å². The van der Waals surface area contributed by atoms with E-state index >= 15 is 0 Å². The van der Waals surface area contributed by atoms with E-state index < -0.39 is 11.6 Å². The summed E-state index contributed by atoms with van der Waals surface area (Å²) in [6, 6.07) is 10.8. The molecule has 152 valence electrons. The number of nitrogens with zero attached hydrogens (tertiary/aromatic N) is 4. The third-order valence-corrected chi connectivity index (χ3v) is 5.14. The van der Waals surface area contributed by atoms with Crippen molar-refractivity contribution in [3.8, 4) is 11.5 Å². The van der Waals surface area contributed by atoms with Gasteiger partial charge in [-0.2, -0.15) is 5.10 Å². The first-order valence-electron chi connectivity index (χ1n) is 9.57. The summed E-state index contributed by atoms with van der Waals surface area (Å²) in [6.45, 7) is 0.725. The SMILES string of the molecule is Fc1ccc(C2CCCN2c2cc(Nc3cc(-c4ccco4)[nH]n3)ncn2)c(F)c1. The molecule has 1 aromatic carbocycles. The second-order valence-electron chi connectivity index (χ2n) is 7.05. The fourth-order valence-electron chi connectivity index (χ4n) is 3.78. The van der Waals surface area contributed by atoms with Crippen LogP contribution in [0.15, 0.2) is 59.5 Å². The summed E-state index contributed by atoms with van der Waals surface area (Å²) in [6.07, 6.45) is 4.70. The van der Waals surface area contributed by atoms with E-state index in [4.69, 9.17) is 4.42 Å². The molecular weight excluding hydrogens is 390 g/mol. The summed E-state index contributed by atoms with van der Waals surface area (Å²) in [4.78, 5) is 10.6. The number of nitrogens with one attached hydrogen (secondary N) is 2. The monoisotopic (exact) mass is 408 g/mol. The van der Waals surface area contributed by atoms with E-state index in [0.717, 1.165) is 31.1 Å². The van der Waals surface area contributed by atoms with E-state index in [1.54, 1.807) is 18.4 Å². The second kappa shape index (κ2) is 7.58. The summed E-state index contributed by atoms with van der Waals surface area (Å²) in [5, 5.41) is 10.3. The summed E-state index contributed by atoms with van der Waals surface area (Å²) < 4.78 is 33.0. The van der Waals surface area contributed by atoms with Crippen molar-refractivity contribution >= 4 is 17.5 Å². The van der Waals surface area contributed by atoms with Gasteiger partial charge < -0.3 is 14.6 Å². The standard InChI is InChI=1S/C21H18F2N6O/c22-13-5-6-14(15(23)9-13)17-3-1-7-29(17)21-11-19(24-12-25-21)26-20-10-16(27-28-20)18-4-2-8-30-18/h2,4-6,8-12,17H,1,3,7H2,(H2,24,25,26,27,28). The van der Waals surface area contributed by atoms with Gasteiger partial charge in [0, 0.05) is 30.3 Å². The largest absolute Gasteiger partial charge is 0.463 e. The average Bonchev–Trinajstić information content (AvgIpc) is 3.50. The maximum Gasteiger partial charge on any atom is 0.154 e. The zero-order chi connectivity index (χ0) is 20.5. The molecule has 0 amide bonds. The average molecular weight is 408 g/mol. The molecule has 0 aliphatic carbocycles. The van der Waals surface area contributed by atoms with E-state index in [1.165, 1.54) is 18.5 Å². The minimum absolute atomic E-state index is 0.204. The van der Waals surface area contributed by atoms with Crippen LogP contribution < -0.4 is 10.2 Å². The summed E-state index contributed by atoms with van der Waals surface area (Å²) in [5.41, 5.74) is 1.21. The van der Waals surface area contributed by atoms with Gasteiger partial charge in [0.2, 0.25) is 0 Å². The highest BCUT2D eigenvalue weighted by molar-refractivity contribution is 5.62. The number of aromatic nitrogens is 4. The van der Waals surface area contributed by atoms with Crippen LogP contribution in [0.25, 0.3) is 11.5 Å². The van der Waals surface area contributed by atoms with E-state index in [-0.39, 0.29) is 6.04 Å². The molecule has 2 N–H and O–H groups in total. The normalized spacial score (nSPS) is 16.2. The number of hydrogen-bond acceptors (Lipinski definition) is 6. The predicted molar refractivity (Wildman–Crippen MR) is 107 cm³/mol. The van der Waals surface area contributed by atoms with Crippen LogP contribution in [0.5, 0.6) is 0 Å². The first kappa shape index (κ1) is 18.3. The number of anilines is 3. The molecule has 1 aliphatic rings. The smallest absolute Gasteiger partial charge is 0.154 e. The van der Waals surface area contributed by atoms with E-state index in [9.17, 15) is 8.78 Å². The molecule has 0 saturated carbocycles. The highest BCUT2D eigenvalue weighted by atomic mass is 19.1. The summed E-state index contributed by atoms with van der Waals surface area (Å²) in [7, 11) is 0. The van der Waals surface area contributed by atoms with Crippen molar-refractivity contribution in [3.63, 3.8) is 0 Å². The molecule has 4 heterocycles. The summed E-state index contributed by atoms with van der Waals surface area (Å²) in [5.74, 6) is 1.36. The topological polar surface area (TPSA) is 82.9 Å². The van der Waals surface area contributed by atoms with Gasteiger partial charge in [-0.05, 0) is 31.0 Å². The van der Waals surface area contributed by atoms with Crippen LogP contribution in [0, 0.1) is 11.6 Å². The Balaban J connectivity index is 1.38. The Bertz CT molecular complexity index is 1160. The fourth-order valence-corrected chi connectivity index (χ4v) is 3.78. The molecule has 1 unspecified atom stereocenters. The van der Waals surface area contributed by atoms with Crippen molar-refractivity contribution in [2.24, 2.45) is 0 Å². The lowest BCUT2D eigenvalue weighted by atomic mass is 10.0. The third kappa shape index (κ3) is 3.49. The Morgan fingerprint density at radius 2 is 2.03 bits per heavy atom. The Morgan fingerprint density at radius 3 is 2.87 bits per heavy atom. The molecular formula is C21H18F2N6O. The molecule has 0 bridgehead atoms. The number of H-pyrrole nitrogens is 1. The zero-order valence-corrected chi connectivity index (χ0v) is 15.8. The fraction of sp³-hybridized carbons (Fsp3) is 0.190. The first-order valence-corrected chi connectivity index (χ1v) is 9.57. The second-order valence-corrected chi connectivity index (χ2v) is 7.05. The molecule has 0 spiro atoms. The van der Waals surface area contributed by atoms with E-state index in [2.05, 4.69) is 25.5 Å². The van der Waals surface area contributed by atoms with Gasteiger partial charge in [0.15, 0.2) is 11.6 Å². The highest BCUT2D eigenvalue weighted by Crippen LogP contribution is 2.37. The number of furan rings is 1. The van der Waals surface area contributed by atoms with Gasteiger partial charge >= 0.3 is 0 Å². The lowest BCUT2D eigenvalue weighted by Gasteiger charge is -2.26. The molecule has 3 aromatic heterocycles. The van der Waals surface area contributed by atoms with Crippen LogP contribution in [0.2, 0.25) is 0 Å².